The Morgan fingerprint density at radius 3 is 1.53 bits per heavy atom. The van der Waals surface area contributed by atoms with Gasteiger partial charge in [-0.2, -0.15) is 0 Å². The lowest BCUT2D eigenvalue weighted by Gasteiger charge is -2.14. The molecule has 2 atom stereocenters. The number of carbonyl (C=O) groups excluding carboxylic acids is 5. The zero-order valence-electron chi connectivity index (χ0n) is 41.6. The minimum Gasteiger partial charge on any atom is -0.481 e. The van der Waals surface area contributed by atoms with Crippen LogP contribution in [0.1, 0.15) is 193 Å². The van der Waals surface area contributed by atoms with Gasteiger partial charge in [-0.05, 0) is 44.9 Å². The van der Waals surface area contributed by atoms with E-state index in [4.69, 9.17) is 19.3 Å². The molecule has 5 N–H and O–H groups in total. The van der Waals surface area contributed by atoms with Crippen LogP contribution in [0.15, 0.2) is 0 Å². The van der Waals surface area contributed by atoms with E-state index in [1.54, 1.807) is 0 Å². The summed E-state index contributed by atoms with van der Waals surface area (Å²) in [5, 5.41) is 32.8. The summed E-state index contributed by atoms with van der Waals surface area (Å²) in [6, 6.07) is -1.01. The fourth-order valence-electron chi connectivity index (χ4n) is 7.06. The van der Waals surface area contributed by atoms with Gasteiger partial charge >= 0.3 is 17.9 Å². The van der Waals surface area contributed by atoms with Gasteiger partial charge in [0.1, 0.15) is 30.8 Å². The van der Waals surface area contributed by atoms with Gasteiger partial charge in [-0.25, -0.2) is 4.79 Å². The second kappa shape index (κ2) is 50.1. The lowest BCUT2D eigenvalue weighted by Crippen LogP contribution is -2.41. The monoisotopic (exact) mass is 1040 g/mol. The predicted molar refractivity (Wildman–Crippen MR) is 264 cm³/mol. The first-order chi connectivity index (χ1) is 32.8. The van der Waals surface area contributed by atoms with Crippen molar-refractivity contribution < 1.29 is 72.6 Å². The van der Waals surface area contributed by atoms with Crippen LogP contribution in [0.25, 0.3) is 0 Å². The Bertz CT molecular complexity index is 1340. The van der Waals surface area contributed by atoms with Gasteiger partial charge in [0.25, 0.3) is 0 Å². The first kappa shape index (κ1) is 66.8. The largest absolute Gasteiger partial charge is 0.481 e. The average molecular weight is 1040 g/mol. The first-order valence-corrected chi connectivity index (χ1v) is 26.5. The molecule has 68 heavy (non-hydrogen) atoms. The van der Waals surface area contributed by atoms with E-state index >= 15 is 0 Å². The second-order valence-corrected chi connectivity index (χ2v) is 17.9. The number of ketones is 3. The highest BCUT2D eigenvalue weighted by molar-refractivity contribution is 9.09. The van der Waals surface area contributed by atoms with Crippen LogP contribution in [-0.2, 0) is 57.3 Å². The SMILES string of the molecule is CCCOCCCC(=O)CCC(NC(=O)CCCCCCCCCCCCCCCCCCC(=O)O)C(=O)O.COCC(=O)NCCOCCOCC(=O)C[C@@H](CCCCCC(=O)CBr)C(=O)O. The van der Waals surface area contributed by atoms with E-state index < -0.39 is 29.9 Å². The Kier molecular flexibility index (Phi) is 49.2. The Hall–Kier alpha value is -3.32. The number of methoxy groups -OCH3 is 1. The molecule has 0 saturated carbocycles. The molecule has 0 rings (SSSR count). The normalized spacial score (nSPS) is 11.8. The van der Waals surface area contributed by atoms with Gasteiger partial charge < -0.3 is 44.9 Å². The summed E-state index contributed by atoms with van der Waals surface area (Å²) in [7, 11) is 1.43. The number of hydrogen-bond acceptors (Lipinski definition) is 12. The first-order valence-electron chi connectivity index (χ1n) is 25.3. The number of alkyl halides is 1. The Morgan fingerprint density at radius 2 is 1.00 bits per heavy atom. The van der Waals surface area contributed by atoms with Crippen molar-refractivity contribution in [3.63, 3.8) is 0 Å². The van der Waals surface area contributed by atoms with E-state index in [0.717, 1.165) is 57.8 Å². The number of hydrogen-bond donors (Lipinski definition) is 5. The number of carboxylic acid groups (broad SMARTS) is 3. The third kappa shape index (κ3) is 49.1. The topological polar surface area (TPSA) is 258 Å². The molecule has 396 valence electrons. The van der Waals surface area contributed by atoms with Gasteiger partial charge in [0.05, 0.1) is 31.1 Å². The molecule has 0 aliphatic rings. The number of nitrogens with one attached hydrogen (secondary N) is 2. The van der Waals surface area contributed by atoms with E-state index in [0.29, 0.717) is 76.6 Å². The zero-order chi connectivity index (χ0) is 50.9. The molecule has 0 aromatic heterocycles. The maximum Gasteiger partial charge on any atom is 0.326 e. The molecular weight excluding hydrogens is 948 g/mol. The lowest BCUT2D eigenvalue weighted by atomic mass is 9.95. The Morgan fingerprint density at radius 1 is 0.485 bits per heavy atom. The van der Waals surface area contributed by atoms with Crippen LogP contribution >= 0.6 is 15.9 Å². The number of Topliss-reactive ketones (excluding diaryl/α,β-unsaturated/α-hetero) is 3. The van der Waals surface area contributed by atoms with Gasteiger partial charge in [0.15, 0.2) is 5.78 Å². The van der Waals surface area contributed by atoms with Crippen LogP contribution in [-0.4, -0.2) is 134 Å². The van der Waals surface area contributed by atoms with E-state index in [-0.39, 0.29) is 74.9 Å². The van der Waals surface area contributed by atoms with E-state index in [1.807, 2.05) is 6.92 Å². The van der Waals surface area contributed by atoms with Crippen LogP contribution < -0.4 is 10.6 Å². The molecule has 0 radical (unpaired) electrons. The second-order valence-electron chi connectivity index (χ2n) is 17.3. The molecule has 18 heteroatoms. The number of amides is 2. The van der Waals surface area contributed by atoms with Crippen LogP contribution in [0.3, 0.4) is 0 Å². The fraction of sp³-hybridized carbons (Fsp3) is 0.840. The van der Waals surface area contributed by atoms with Crippen molar-refractivity contribution in [1.82, 2.24) is 10.6 Å². The number of halogens is 1. The summed E-state index contributed by atoms with van der Waals surface area (Å²) in [4.78, 5) is 91.6. The van der Waals surface area contributed by atoms with Crippen molar-refractivity contribution in [3.05, 3.63) is 0 Å². The highest BCUT2D eigenvalue weighted by atomic mass is 79.9. The minimum atomic E-state index is -1.09. The van der Waals surface area contributed by atoms with Crippen LogP contribution in [0.5, 0.6) is 0 Å². The summed E-state index contributed by atoms with van der Waals surface area (Å²) in [5.74, 6) is -4.10. The third-order valence-electron chi connectivity index (χ3n) is 10.9. The number of unbranched alkanes of at least 4 members (excludes halogenated alkanes) is 17. The highest BCUT2D eigenvalue weighted by Gasteiger charge is 2.22. The smallest absolute Gasteiger partial charge is 0.326 e. The van der Waals surface area contributed by atoms with Crippen LogP contribution in [0.4, 0.5) is 0 Å². The molecule has 0 bridgehead atoms. The fourth-order valence-corrected chi connectivity index (χ4v) is 7.34. The molecular formula is C50H89BrN2O15. The maximum absolute atomic E-state index is 12.2. The maximum atomic E-state index is 12.2. The lowest BCUT2D eigenvalue weighted by molar-refractivity contribution is -0.144. The Labute approximate surface area is 415 Å². The summed E-state index contributed by atoms with van der Waals surface area (Å²) in [5.41, 5.74) is 0. The molecule has 0 aliphatic carbocycles. The van der Waals surface area contributed by atoms with Crippen molar-refractivity contribution in [2.45, 2.75) is 199 Å². The number of ether oxygens (including phenoxy) is 4. The van der Waals surface area contributed by atoms with Crippen molar-refractivity contribution in [2.24, 2.45) is 5.92 Å². The quantitative estimate of drug-likeness (QED) is 0.0282. The van der Waals surface area contributed by atoms with Gasteiger partial charge in [-0.15, -0.1) is 0 Å². The van der Waals surface area contributed by atoms with E-state index in [1.165, 1.54) is 71.3 Å². The molecule has 0 aliphatic heterocycles. The van der Waals surface area contributed by atoms with Crippen molar-refractivity contribution >= 4 is 63.0 Å². The van der Waals surface area contributed by atoms with Crippen molar-refractivity contribution in [3.8, 4) is 0 Å². The molecule has 2 amide bonds. The highest BCUT2D eigenvalue weighted by Crippen LogP contribution is 2.17. The molecule has 0 spiro atoms. The number of aliphatic carboxylic acids is 3. The number of carbonyl (C=O) groups is 8. The number of rotatable bonds is 50. The molecule has 0 fully saturated rings. The predicted octanol–water partition coefficient (Wildman–Crippen LogP) is 8.58. The van der Waals surface area contributed by atoms with Gasteiger partial charge in [0.2, 0.25) is 11.8 Å². The van der Waals surface area contributed by atoms with Gasteiger partial charge in [0, 0.05) is 65.4 Å². The molecule has 1 unspecified atom stereocenters. The van der Waals surface area contributed by atoms with Gasteiger partial charge in [-0.1, -0.05) is 126 Å². The molecule has 0 aromatic carbocycles. The molecule has 17 nitrogen and oxygen atoms in total. The van der Waals surface area contributed by atoms with Gasteiger partial charge in [-0.3, -0.25) is 33.6 Å². The third-order valence-corrected chi connectivity index (χ3v) is 11.6. The molecule has 0 aromatic rings. The summed E-state index contributed by atoms with van der Waals surface area (Å²) >= 11 is 3.10. The number of carboxylic acids is 3. The Balaban J connectivity index is 0. The standard InChI is InChI=1S/C31H57NO7.C19H32BrNO8/c1-2-25-39-26-19-20-27(33)23-24-28(31(37)38)32-29(34)21-17-15-13-11-9-7-5-3-4-6-8-10-12-14-16-18-22-30(35)36;1-27-14-18(24)21-7-8-28-9-10-29-13-17(23)11-15(19(25)26)5-3-2-4-6-16(22)12-20/h28H,2-26H2,1H3,(H,32,34)(H,35,36)(H,37,38);15H,2-14H2,1H3,(H,21,24)(H,25,26)/t;15-/m.1/s1. The van der Waals surface area contributed by atoms with Crippen molar-refractivity contribution in [2.75, 3.05) is 65.2 Å². The minimum absolute atomic E-state index is 0.000618. The van der Waals surface area contributed by atoms with Crippen molar-refractivity contribution in [1.29, 1.82) is 0 Å². The summed E-state index contributed by atoms with van der Waals surface area (Å²) < 4.78 is 20.5. The van der Waals surface area contributed by atoms with Crippen LogP contribution in [0, 0.1) is 5.92 Å². The van der Waals surface area contributed by atoms with E-state index in [2.05, 4.69) is 31.3 Å². The molecule has 0 heterocycles. The summed E-state index contributed by atoms with van der Waals surface area (Å²) in [6.45, 7) is 4.24. The zero-order valence-corrected chi connectivity index (χ0v) is 43.2. The average Bonchev–Trinajstić information content (AvgIpc) is 3.30. The van der Waals surface area contributed by atoms with E-state index in [9.17, 15) is 48.6 Å². The summed E-state index contributed by atoms with van der Waals surface area (Å²) in [6.07, 6.45) is 24.3. The van der Waals surface area contributed by atoms with Crippen LogP contribution in [0.2, 0.25) is 0 Å². The molecule has 0 saturated heterocycles.